The van der Waals surface area contributed by atoms with Crippen LogP contribution in [0, 0.1) is 17.7 Å². The standard InChI is InChI=1S/C31H37F3N2O3/c1-38-27-8-4-6-23-28(27)39-16-14-30(23)19-35-18-24(30)29(37)36-15-11-21(22-5-2-3-7-25(22)32)17-26(36)20-9-12-31(33,34)13-10-20/h2-8,20-21,24,26,35H,9-19H2,1H3/t21?,24-,26-,30-/m0/s1. The average molecular weight is 543 g/mol. The van der Waals surface area contributed by atoms with E-state index in [1.54, 1.807) is 13.2 Å². The molecule has 2 saturated heterocycles. The SMILES string of the molecule is COc1cccc2c1OCC[C@]21CNC[C@H]1C(=O)N1CCC(c2ccccc2F)C[C@H]1C1CCC(F)(F)CC1. The van der Waals surface area contributed by atoms with Gasteiger partial charge in [0.15, 0.2) is 11.5 Å². The molecule has 3 heterocycles. The van der Waals surface area contributed by atoms with Crippen molar-refractivity contribution in [1.29, 1.82) is 0 Å². The van der Waals surface area contributed by atoms with Gasteiger partial charge in [0, 0.05) is 49.5 Å². The van der Waals surface area contributed by atoms with Gasteiger partial charge in [-0.2, -0.15) is 0 Å². The predicted octanol–water partition coefficient (Wildman–Crippen LogP) is 5.67. The number of piperidine rings is 1. The molecule has 4 atom stereocenters. The number of para-hydroxylation sites is 1. The Balaban J connectivity index is 1.32. The molecule has 1 saturated carbocycles. The maximum absolute atomic E-state index is 14.8. The number of likely N-dealkylation sites (tertiary alicyclic amines) is 1. The molecule has 1 spiro atoms. The molecule has 0 bridgehead atoms. The summed E-state index contributed by atoms with van der Waals surface area (Å²) in [5.74, 6) is -1.79. The van der Waals surface area contributed by atoms with Gasteiger partial charge in [-0.05, 0) is 61.6 Å². The van der Waals surface area contributed by atoms with Crippen molar-refractivity contribution in [2.75, 3.05) is 33.4 Å². The highest BCUT2D eigenvalue weighted by Gasteiger charge is 2.54. The summed E-state index contributed by atoms with van der Waals surface area (Å²) in [6.45, 7) is 2.22. The van der Waals surface area contributed by atoms with Crippen molar-refractivity contribution in [3.63, 3.8) is 0 Å². The molecule has 1 unspecified atom stereocenters. The Labute approximate surface area is 228 Å². The summed E-state index contributed by atoms with van der Waals surface area (Å²) in [4.78, 5) is 16.5. The molecule has 3 fully saturated rings. The van der Waals surface area contributed by atoms with Crippen molar-refractivity contribution < 1.29 is 27.4 Å². The molecule has 3 aliphatic heterocycles. The zero-order valence-corrected chi connectivity index (χ0v) is 22.4. The van der Waals surface area contributed by atoms with Crippen LogP contribution in [0.3, 0.4) is 0 Å². The second-order valence-corrected chi connectivity index (χ2v) is 11.8. The van der Waals surface area contributed by atoms with Crippen LogP contribution in [0.5, 0.6) is 11.5 Å². The number of carbonyl (C=O) groups is 1. The molecule has 39 heavy (non-hydrogen) atoms. The van der Waals surface area contributed by atoms with Gasteiger partial charge in [-0.25, -0.2) is 13.2 Å². The highest BCUT2D eigenvalue weighted by atomic mass is 19.3. The summed E-state index contributed by atoms with van der Waals surface area (Å²) in [7, 11) is 1.62. The van der Waals surface area contributed by atoms with Gasteiger partial charge in [-0.15, -0.1) is 0 Å². The lowest BCUT2D eigenvalue weighted by atomic mass is 9.67. The van der Waals surface area contributed by atoms with Crippen LogP contribution in [0.1, 0.15) is 62.0 Å². The molecular formula is C31H37F3N2O3. The number of benzene rings is 2. The van der Waals surface area contributed by atoms with E-state index in [0.29, 0.717) is 75.4 Å². The Bertz CT molecular complexity index is 1210. The fourth-order valence-corrected chi connectivity index (χ4v) is 7.77. The van der Waals surface area contributed by atoms with Crippen molar-refractivity contribution in [1.82, 2.24) is 10.2 Å². The van der Waals surface area contributed by atoms with Gasteiger partial charge in [-0.3, -0.25) is 4.79 Å². The molecule has 8 heteroatoms. The number of methoxy groups -OCH3 is 1. The first-order valence-electron chi connectivity index (χ1n) is 14.3. The van der Waals surface area contributed by atoms with Crippen LogP contribution in [0.15, 0.2) is 42.5 Å². The summed E-state index contributed by atoms with van der Waals surface area (Å²) in [5, 5.41) is 3.49. The number of hydrogen-bond acceptors (Lipinski definition) is 4. The minimum absolute atomic E-state index is 0.0180. The molecule has 2 aromatic rings. The zero-order valence-electron chi connectivity index (χ0n) is 22.4. The Kier molecular flexibility index (Phi) is 7.02. The van der Waals surface area contributed by atoms with Crippen molar-refractivity contribution in [3.05, 3.63) is 59.4 Å². The first kappa shape index (κ1) is 26.5. The number of fused-ring (bicyclic) bond motifs is 2. The molecular weight excluding hydrogens is 505 g/mol. The molecule has 1 N–H and O–H groups in total. The molecule has 6 rings (SSSR count). The Hall–Kier alpha value is -2.74. The third-order valence-electron chi connectivity index (χ3n) is 9.86. The van der Waals surface area contributed by atoms with Crippen LogP contribution in [0.2, 0.25) is 0 Å². The van der Waals surface area contributed by atoms with Crippen molar-refractivity contribution in [2.45, 2.75) is 68.2 Å². The Morgan fingerprint density at radius 2 is 1.87 bits per heavy atom. The monoisotopic (exact) mass is 542 g/mol. The molecule has 1 amide bonds. The lowest BCUT2D eigenvalue weighted by Gasteiger charge is -2.48. The summed E-state index contributed by atoms with van der Waals surface area (Å²) >= 11 is 0. The minimum atomic E-state index is -2.64. The van der Waals surface area contributed by atoms with Crippen molar-refractivity contribution in [3.8, 4) is 11.5 Å². The van der Waals surface area contributed by atoms with Crippen molar-refractivity contribution in [2.24, 2.45) is 11.8 Å². The number of hydrogen-bond donors (Lipinski definition) is 1. The van der Waals surface area contributed by atoms with E-state index in [4.69, 9.17) is 9.47 Å². The quantitative estimate of drug-likeness (QED) is 0.541. The summed E-state index contributed by atoms with van der Waals surface area (Å²) in [5.41, 5.74) is 1.23. The van der Waals surface area contributed by atoms with Gasteiger partial charge >= 0.3 is 0 Å². The number of rotatable bonds is 4. The number of carbonyl (C=O) groups excluding carboxylic acids is 1. The molecule has 210 valence electrons. The number of nitrogens with zero attached hydrogens (tertiary/aromatic N) is 1. The van der Waals surface area contributed by atoms with Crippen molar-refractivity contribution >= 4 is 5.91 Å². The number of ether oxygens (including phenoxy) is 2. The van der Waals surface area contributed by atoms with Crippen LogP contribution in [0.25, 0.3) is 0 Å². The summed E-state index contributed by atoms with van der Waals surface area (Å²) in [6, 6.07) is 12.5. The Morgan fingerprint density at radius 1 is 1.08 bits per heavy atom. The number of nitrogens with one attached hydrogen (secondary N) is 1. The molecule has 0 aromatic heterocycles. The predicted molar refractivity (Wildman–Crippen MR) is 142 cm³/mol. The van der Waals surface area contributed by atoms with E-state index in [2.05, 4.69) is 5.32 Å². The van der Waals surface area contributed by atoms with Crippen LogP contribution < -0.4 is 14.8 Å². The van der Waals surface area contributed by atoms with E-state index in [1.807, 2.05) is 35.2 Å². The van der Waals surface area contributed by atoms with E-state index < -0.39 is 11.3 Å². The van der Waals surface area contributed by atoms with E-state index in [9.17, 15) is 18.0 Å². The highest BCUT2D eigenvalue weighted by molar-refractivity contribution is 5.82. The molecule has 4 aliphatic rings. The van der Waals surface area contributed by atoms with Crippen LogP contribution in [0.4, 0.5) is 13.2 Å². The molecule has 2 aromatic carbocycles. The normalized spacial score (nSPS) is 30.6. The first-order chi connectivity index (χ1) is 18.8. The number of alkyl halides is 2. The first-order valence-corrected chi connectivity index (χ1v) is 14.3. The fourth-order valence-electron chi connectivity index (χ4n) is 7.77. The molecule has 5 nitrogen and oxygen atoms in total. The van der Waals surface area contributed by atoms with E-state index in [1.165, 1.54) is 6.07 Å². The molecule has 1 aliphatic carbocycles. The van der Waals surface area contributed by atoms with Crippen LogP contribution in [-0.4, -0.2) is 56.1 Å². The maximum atomic E-state index is 14.8. The lowest BCUT2D eigenvalue weighted by Crippen LogP contribution is -2.55. The third kappa shape index (κ3) is 4.68. The van der Waals surface area contributed by atoms with Gasteiger partial charge in [0.2, 0.25) is 11.8 Å². The van der Waals surface area contributed by atoms with Gasteiger partial charge in [-0.1, -0.05) is 30.3 Å². The largest absolute Gasteiger partial charge is 0.493 e. The smallest absolute Gasteiger partial charge is 0.248 e. The average Bonchev–Trinajstić information content (AvgIpc) is 3.36. The fraction of sp³-hybridized carbons (Fsp3) is 0.581. The second-order valence-electron chi connectivity index (χ2n) is 11.8. The zero-order chi connectivity index (χ0) is 27.2. The lowest BCUT2D eigenvalue weighted by molar-refractivity contribution is -0.144. The van der Waals surface area contributed by atoms with E-state index >= 15 is 0 Å². The van der Waals surface area contributed by atoms with Gasteiger partial charge in [0.25, 0.3) is 0 Å². The summed E-state index contributed by atoms with van der Waals surface area (Å²) in [6.07, 6.45) is 2.43. The Morgan fingerprint density at radius 3 is 2.64 bits per heavy atom. The van der Waals surface area contributed by atoms with Crippen LogP contribution in [-0.2, 0) is 10.2 Å². The minimum Gasteiger partial charge on any atom is -0.493 e. The van der Waals surface area contributed by atoms with Crippen LogP contribution >= 0.6 is 0 Å². The second kappa shape index (κ2) is 10.3. The number of halogens is 3. The van der Waals surface area contributed by atoms with Gasteiger partial charge < -0.3 is 19.7 Å². The topological polar surface area (TPSA) is 50.8 Å². The van der Waals surface area contributed by atoms with Gasteiger partial charge in [0.05, 0.1) is 19.6 Å². The summed E-state index contributed by atoms with van der Waals surface area (Å²) < 4.78 is 54.6. The molecule has 0 radical (unpaired) electrons. The maximum Gasteiger partial charge on any atom is 0.248 e. The van der Waals surface area contributed by atoms with E-state index in [-0.39, 0.29) is 48.4 Å². The third-order valence-corrected chi connectivity index (χ3v) is 9.86. The number of amides is 1. The highest BCUT2D eigenvalue weighted by Crippen LogP contribution is 2.51. The van der Waals surface area contributed by atoms with Gasteiger partial charge in [0.1, 0.15) is 5.82 Å². The van der Waals surface area contributed by atoms with E-state index in [0.717, 1.165) is 5.56 Å².